The lowest BCUT2D eigenvalue weighted by Crippen LogP contribution is -2.56. The van der Waals surface area contributed by atoms with Crippen molar-refractivity contribution in [3.8, 4) is 0 Å². The zero-order chi connectivity index (χ0) is 8.58. The van der Waals surface area contributed by atoms with Crippen LogP contribution in [-0.2, 0) is 4.79 Å². The molecule has 0 aromatic carbocycles. The van der Waals surface area contributed by atoms with Gasteiger partial charge in [0.25, 0.3) is 5.97 Å². The molecule has 0 atom stereocenters. The zero-order valence-corrected chi connectivity index (χ0v) is 5.24. The predicted octanol–water partition coefficient (Wildman–Crippen LogP) is -2.53. The number of aliphatic carboxylic acids is 1. The molecule has 10 heavy (non-hydrogen) atoms. The van der Waals surface area contributed by atoms with Crippen molar-refractivity contribution in [2.75, 3.05) is 0 Å². The molecule has 3 N–H and O–H groups in total. The molecule has 0 fully saturated rings. The third kappa shape index (κ3) is 1.59. The monoisotopic (exact) mass is 129 g/mol. The molecule has 0 saturated heterocycles. The normalized spacial score (nSPS) is 12.9. The summed E-state index contributed by atoms with van der Waals surface area (Å²) in [7, 11) is 19.8. The van der Waals surface area contributed by atoms with Crippen molar-refractivity contribution in [2.24, 2.45) is 5.73 Å². The highest BCUT2D eigenvalue weighted by molar-refractivity contribution is 6.60. The Bertz CT molecular complexity index is 151. The third-order valence-electron chi connectivity index (χ3n) is 1.07. The van der Waals surface area contributed by atoms with Gasteiger partial charge >= 0.3 is 0 Å². The van der Waals surface area contributed by atoms with Crippen LogP contribution in [0.25, 0.3) is 0 Å². The number of carboxylic acids is 1. The summed E-state index contributed by atoms with van der Waals surface area (Å²) in [4.78, 5) is 10.2. The molecule has 0 aliphatic heterocycles. The van der Waals surface area contributed by atoms with Gasteiger partial charge in [0.2, 0.25) is 0 Å². The van der Waals surface area contributed by atoms with E-state index in [4.69, 9.17) is 42.2 Å². The van der Waals surface area contributed by atoms with E-state index in [0.29, 0.717) is 0 Å². The van der Waals surface area contributed by atoms with Crippen LogP contribution in [0.3, 0.4) is 0 Å². The molecule has 0 unspecified atom stereocenters. The summed E-state index contributed by atoms with van der Waals surface area (Å²) < 4.78 is 0. The third-order valence-corrected chi connectivity index (χ3v) is 1.07. The lowest BCUT2D eigenvalue weighted by Gasteiger charge is -2.36. The Morgan fingerprint density at radius 3 is 1.60 bits per heavy atom. The minimum Gasteiger partial charge on any atom is -0.482 e. The van der Waals surface area contributed by atoms with Crippen LogP contribution in [0, 0.1) is 0 Å². The number of hydrogen-bond acceptors (Lipinski definition) is 2. The molecule has 0 amide bonds. The maximum Gasteiger partial charge on any atom is 0.292 e. The fraction of sp³-hybridized carbons (Fsp3) is 0.667. The molecule has 0 bridgehead atoms. The van der Waals surface area contributed by atoms with Gasteiger partial charge in [-0.15, -0.1) is 0 Å². The summed E-state index contributed by atoms with van der Waals surface area (Å²) in [5.41, 5.74) is 4.94. The van der Waals surface area contributed by atoms with Crippen LogP contribution in [0.2, 0.25) is 5.21 Å². The van der Waals surface area contributed by atoms with Gasteiger partial charge in [0.1, 0.15) is 0 Å². The van der Waals surface area contributed by atoms with Crippen molar-refractivity contribution >= 4 is 37.4 Å². The number of carbonyl (C=O) groups is 1. The highest BCUT2D eigenvalue weighted by Gasteiger charge is 2.37. The highest BCUT2D eigenvalue weighted by atomic mass is 16.4. The average molecular weight is 128 g/mol. The van der Waals surface area contributed by atoms with Gasteiger partial charge in [-0.1, -0.05) is 5.34 Å². The van der Waals surface area contributed by atoms with Crippen molar-refractivity contribution in [1.82, 2.24) is 0 Å². The number of rotatable bonds is 2. The quantitative estimate of drug-likeness (QED) is 0.403. The SMILES string of the molecule is [B]C([B])(N)C([B])([B])C(=O)O. The van der Waals surface area contributed by atoms with Gasteiger partial charge in [-0.05, 0) is 5.21 Å². The summed E-state index contributed by atoms with van der Waals surface area (Å²) in [5.74, 6) is -1.56. The first kappa shape index (κ1) is 9.69. The maximum absolute atomic E-state index is 10.2. The predicted molar refractivity (Wildman–Crippen MR) is 40.3 cm³/mol. The summed E-state index contributed by atoms with van der Waals surface area (Å²) in [6.45, 7) is 0. The standard InChI is InChI=1S/C3H3B4NO2/c4-2(5,1(9)10)3(6,7)8/h8H2,(H,9,10). The van der Waals surface area contributed by atoms with E-state index in [1.807, 2.05) is 0 Å². The van der Waals surface area contributed by atoms with E-state index in [0.717, 1.165) is 0 Å². The Hall–Kier alpha value is -0.310. The molecule has 0 rings (SSSR count). The van der Waals surface area contributed by atoms with Crippen LogP contribution < -0.4 is 5.73 Å². The average Bonchev–Trinajstić information content (AvgIpc) is 1.62. The fourth-order valence-electron chi connectivity index (χ4n) is 0.185. The molecule has 0 aliphatic rings. The Kier molecular flexibility index (Phi) is 2.31. The van der Waals surface area contributed by atoms with E-state index in [-0.39, 0.29) is 0 Å². The van der Waals surface area contributed by atoms with Gasteiger partial charge < -0.3 is 10.8 Å². The molecule has 0 aliphatic carbocycles. The zero-order valence-electron chi connectivity index (χ0n) is 5.24. The van der Waals surface area contributed by atoms with Crippen LogP contribution in [0.1, 0.15) is 0 Å². The van der Waals surface area contributed by atoms with Crippen LogP contribution in [-0.4, -0.2) is 47.8 Å². The smallest absolute Gasteiger partial charge is 0.292 e. The van der Waals surface area contributed by atoms with E-state index in [9.17, 15) is 4.79 Å². The van der Waals surface area contributed by atoms with Crippen molar-refractivity contribution in [3.63, 3.8) is 0 Å². The Morgan fingerprint density at radius 1 is 1.30 bits per heavy atom. The second-order valence-electron chi connectivity index (χ2n) is 2.11. The molecule has 44 valence electrons. The van der Waals surface area contributed by atoms with Crippen molar-refractivity contribution in [3.05, 3.63) is 0 Å². The summed E-state index contributed by atoms with van der Waals surface area (Å²) in [6.07, 6.45) is 0. The number of hydrogen-bond donors (Lipinski definition) is 2. The van der Waals surface area contributed by atoms with Gasteiger partial charge in [-0.2, -0.15) is 0 Å². The van der Waals surface area contributed by atoms with Crippen LogP contribution >= 0.6 is 0 Å². The lowest BCUT2D eigenvalue weighted by molar-refractivity contribution is -0.138. The number of nitrogens with two attached hydrogens (primary N) is 1. The van der Waals surface area contributed by atoms with Gasteiger partial charge in [0, 0.05) is 0 Å². The first-order chi connectivity index (χ1) is 4.19. The molecule has 0 heterocycles. The van der Waals surface area contributed by atoms with Crippen molar-refractivity contribution < 1.29 is 9.90 Å². The molecule has 0 saturated carbocycles. The van der Waals surface area contributed by atoms with E-state index < -0.39 is 16.5 Å². The van der Waals surface area contributed by atoms with Gasteiger partial charge in [0.15, 0.2) is 0 Å². The van der Waals surface area contributed by atoms with Crippen molar-refractivity contribution in [1.29, 1.82) is 0 Å². The van der Waals surface area contributed by atoms with Crippen LogP contribution in [0.5, 0.6) is 0 Å². The number of carboxylic acid groups (broad SMARTS) is 1. The Labute approximate surface area is 64.4 Å². The molecular formula is C3H3B4NO2. The first-order valence-corrected chi connectivity index (χ1v) is 2.37. The topological polar surface area (TPSA) is 63.3 Å². The van der Waals surface area contributed by atoms with Gasteiger partial charge in [0.05, 0.1) is 31.4 Å². The second kappa shape index (κ2) is 2.38. The molecule has 0 aromatic heterocycles. The van der Waals surface area contributed by atoms with E-state index in [2.05, 4.69) is 0 Å². The van der Waals surface area contributed by atoms with E-state index in [1.165, 1.54) is 0 Å². The van der Waals surface area contributed by atoms with Crippen LogP contribution in [0.15, 0.2) is 0 Å². The summed E-state index contributed by atoms with van der Waals surface area (Å²) >= 11 is 0. The minimum atomic E-state index is -2.31. The fourth-order valence-corrected chi connectivity index (χ4v) is 0.185. The molecule has 8 radical (unpaired) electrons. The molecule has 3 nitrogen and oxygen atoms in total. The van der Waals surface area contributed by atoms with E-state index in [1.54, 1.807) is 0 Å². The van der Waals surface area contributed by atoms with E-state index >= 15 is 0 Å². The van der Waals surface area contributed by atoms with Gasteiger partial charge in [-0.25, -0.2) is 0 Å². The highest BCUT2D eigenvalue weighted by Crippen LogP contribution is 2.24. The minimum absolute atomic E-state index is 1.56. The Balaban J connectivity index is 4.57. The summed E-state index contributed by atoms with van der Waals surface area (Å²) in [6, 6.07) is 0. The largest absolute Gasteiger partial charge is 0.482 e. The lowest BCUT2D eigenvalue weighted by atomic mass is 9.34. The Morgan fingerprint density at radius 2 is 1.60 bits per heavy atom. The van der Waals surface area contributed by atoms with Crippen LogP contribution in [0.4, 0.5) is 0 Å². The second-order valence-corrected chi connectivity index (χ2v) is 2.11. The van der Waals surface area contributed by atoms with Crippen molar-refractivity contribution in [2.45, 2.75) is 10.6 Å². The molecular weight excluding hydrogens is 125 g/mol. The molecule has 0 spiro atoms. The molecule has 7 heteroatoms. The maximum atomic E-state index is 10.2. The molecule has 0 aromatic rings. The first-order valence-electron chi connectivity index (χ1n) is 2.37. The van der Waals surface area contributed by atoms with Gasteiger partial charge in [-0.3, -0.25) is 4.79 Å². The summed E-state index contributed by atoms with van der Waals surface area (Å²) in [5, 5.41) is 3.85.